The highest BCUT2D eigenvalue weighted by molar-refractivity contribution is 5.74. The summed E-state index contributed by atoms with van der Waals surface area (Å²) in [5.74, 6) is 1.90. The highest BCUT2D eigenvalue weighted by atomic mass is 15.3. The second-order valence-corrected chi connectivity index (χ2v) is 7.09. The van der Waals surface area contributed by atoms with Gasteiger partial charge < -0.3 is 10.6 Å². The molecule has 0 spiro atoms. The van der Waals surface area contributed by atoms with Crippen LogP contribution in [0.4, 0.5) is 17.5 Å². The monoisotopic (exact) mass is 357 g/mol. The second kappa shape index (κ2) is 6.09. The van der Waals surface area contributed by atoms with E-state index >= 15 is 0 Å². The molecule has 0 saturated heterocycles. The van der Waals surface area contributed by atoms with E-state index in [1.54, 1.807) is 6.20 Å². The fourth-order valence-corrected chi connectivity index (χ4v) is 3.66. The summed E-state index contributed by atoms with van der Waals surface area (Å²) in [5.41, 5.74) is 5.74. The van der Waals surface area contributed by atoms with E-state index in [-0.39, 0.29) is 0 Å². The lowest BCUT2D eigenvalue weighted by Crippen LogP contribution is -2.00. The fourth-order valence-electron chi connectivity index (χ4n) is 3.66. The molecule has 1 aromatic carbocycles. The maximum absolute atomic E-state index is 9.46. The minimum Gasteiger partial charge on any atom is -0.383 e. The molecule has 0 bridgehead atoms. The van der Waals surface area contributed by atoms with Gasteiger partial charge in [0.2, 0.25) is 5.95 Å². The third-order valence-electron chi connectivity index (χ3n) is 5.14. The Morgan fingerprint density at radius 2 is 2.19 bits per heavy atom. The lowest BCUT2D eigenvalue weighted by molar-refractivity contribution is 0.716. The standard InChI is InChI=1S/C20H19N7/c1-27-17(12-2-3-12)10-18(26-27)25-20-23-7-5-16(24-20)14-8-13-4-6-22-19(13)15(9-14)11-21/h5,7-10,12,22H,2-4,6H2,1H3,(H,23,24,25,26). The van der Waals surface area contributed by atoms with Crippen LogP contribution >= 0.6 is 0 Å². The van der Waals surface area contributed by atoms with Crippen LogP contribution in [0, 0.1) is 11.3 Å². The van der Waals surface area contributed by atoms with Gasteiger partial charge in [0.05, 0.1) is 16.9 Å². The number of hydrogen-bond acceptors (Lipinski definition) is 6. The first-order valence-corrected chi connectivity index (χ1v) is 9.16. The smallest absolute Gasteiger partial charge is 0.228 e. The first-order chi connectivity index (χ1) is 13.2. The Labute approximate surface area is 157 Å². The molecule has 3 heterocycles. The second-order valence-electron chi connectivity index (χ2n) is 7.09. The van der Waals surface area contributed by atoms with Crippen molar-refractivity contribution in [2.24, 2.45) is 7.05 Å². The molecule has 1 saturated carbocycles. The van der Waals surface area contributed by atoms with Crippen LogP contribution in [0.1, 0.15) is 35.6 Å². The van der Waals surface area contributed by atoms with E-state index < -0.39 is 0 Å². The number of nitrogens with zero attached hydrogens (tertiary/aromatic N) is 5. The van der Waals surface area contributed by atoms with Crippen molar-refractivity contribution in [2.75, 3.05) is 17.2 Å². The van der Waals surface area contributed by atoms with Gasteiger partial charge in [-0.3, -0.25) is 4.68 Å². The molecule has 1 aliphatic heterocycles. The highest BCUT2D eigenvalue weighted by Gasteiger charge is 2.27. The summed E-state index contributed by atoms with van der Waals surface area (Å²) in [6.45, 7) is 0.868. The molecule has 0 amide bonds. The third kappa shape index (κ3) is 2.89. The van der Waals surface area contributed by atoms with Crippen molar-refractivity contribution in [2.45, 2.75) is 25.2 Å². The van der Waals surface area contributed by atoms with Crippen molar-refractivity contribution >= 4 is 17.5 Å². The van der Waals surface area contributed by atoms with Gasteiger partial charge in [-0.15, -0.1) is 0 Å². The fraction of sp³-hybridized carbons (Fsp3) is 0.300. The molecule has 1 aliphatic carbocycles. The van der Waals surface area contributed by atoms with Crippen molar-refractivity contribution < 1.29 is 0 Å². The van der Waals surface area contributed by atoms with Gasteiger partial charge >= 0.3 is 0 Å². The maximum atomic E-state index is 9.46. The van der Waals surface area contributed by atoms with Crippen LogP contribution in [-0.4, -0.2) is 26.3 Å². The van der Waals surface area contributed by atoms with Gasteiger partial charge in [0.25, 0.3) is 0 Å². The summed E-state index contributed by atoms with van der Waals surface area (Å²) < 4.78 is 1.93. The van der Waals surface area contributed by atoms with Gasteiger partial charge in [0.1, 0.15) is 6.07 Å². The largest absolute Gasteiger partial charge is 0.383 e. The maximum Gasteiger partial charge on any atom is 0.228 e. The number of hydrogen-bond donors (Lipinski definition) is 2. The molecule has 7 nitrogen and oxygen atoms in total. The molecule has 0 radical (unpaired) electrons. The molecule has 5 rings (SSSR count). The normalized spacial score (nSPS) is 15.1. The van der Waals surface area contributed by atoms with Crippen molar-refractivity contribution in [3.63, 3.8) is 0 Å². The van der Waals surface area contributed by atoms with Crippen molar-refractivity contribution in [3.8, 4) is 17.3 Å². The summed E-state index contributed by atoms with van der Waals surface area (Å²) in [6, 6.07) is 10.2. The minimum atomic E-state index is 0.505. The average molecular weight is 357 g/mol. The summed E-state index contributed by atoms with van der Waals surface area (Å²) >= 11 is 0. The molecule has 0 atom stereocenters. The molecule has 7 heteroatoms. The SMILES string of the molecule is Cn1nc(Nc2nccc(-c3cc(C#N)c4c(c3)CCN4)n2)cc1C1CC1. The van der Waals surface area contributed by atoms with Crippen LogP contribution in [0.5, 0.6) is 0 Å². The number of benzene rings is 1. The van der Waals surface area contributed by atoms with Gasteiger partial charge in [0.15, 0.2) is 5.82 Å². The predicted molar refractivity (Wildman–Crippen MR) is 103 cm³/mol. The Kier molecular flexibility index (Phi) is 3.57. The van der Waals surface area contributed by atoms with E-state index in [1.165, 1.54) is 18.5 Å². The van der Waals surface area contributed by atoms with E-state index in [4.69, 9.17) is 0 Å². The van der Waals surface area contributed by atoms with Gasteiger partial charge in [-0.05, 0) is 43.0 Å². The number of rotatable bonds is 4. The Balaban J connectivity index is 1.46. The van der Waals surface area contributed by atoms with E-state index in [0.29, 0.717) is 17.4 Å². The molecule has 2 N–H and O–H groups in total. The number of anilines is 3. The van der Waals surface area contributed by atoms with Crippen LogP contribution in [0.2, 0.25) is 0 Å². The number of aryl methyl sites for hydroxylation is 1. The van der Waals surface area contributed by atoms with Crippen LogP contribution in [0.25, 0.3) is 11.3 Å². The van der Waals surface area contributed by atoms with Gasteiger partial charge in [-0.2, -0.15) is 10.4 Å². The first kappa shape index (κ1) is 15.8. The number of fused-ring (bicyclic) bond motifs is 1. The molecule has 27 heavy (non-hydrogen) atoms. The molecule has 2 aromatic heterocycles. The molecule has 3 aromatic rings. The Morgan fingerprint density at radius 3 is 3.00 bits per heavy atom. The number of nitrogens with one attached hydrogen (secondary N) is 2. The number of nitriles is 1. The summed E-state index contributed by atoms with van der Waals surface area (Å²) in [7, 11) is 1.97. The molecule has 1 fully saturated rings. The zero-order valence-electron chi connectivity index (χ0n) is 15.0. The van der Waals surface area contributed by atoms with Crippen molar-refractivity contribution in [3.05, 3.63) is 47.3 Å². The zero-order valence-corrected chi connectivity index (χ0v) is 15.0. The van der Waals surface area contributed by atoms with Crippen molar-refractivity contribution in [1.29, 1.82) is 5.26 Å². The van der Waals surface area contributed by atoms with E-state index in [9.17, 15) is 5.26 Å². The summed E-state index contributed by atoms with van der Waals surface area (Å²) in [5, 5.41) is 20.5. The topological polar surface area (TPSA) is 91.5 Å². The third-order valence-corrected chi connectivity index (χ3v) is 5.14. The number of aromatic nitrogens is 4. The minimum absolute atomic E-state index is 0.505. The summed E-state index contributed by atoms with van der Waals surface area (Å²) in [4.78, 5) is 8.96. The highest BCUT2D eigenvalue weighted by Crippen LogP contribution is 2.40. The van der Waals surface area contributed by atoms with Crippen molar-refractivity contribution in [1.82, 2.24) is 19.7 Å². The summed E-state index contributed by atoms with van der Waals surface area (Å²) in [6.07, 6.45) is 5.12. The van der Waals surface area contributed by atoms with Crippen LogP contribution in [0.3, 0.4) is 0 Å². The van der Waals surface area contributed by atoms with Gasteiger partial charge in [0, 0.05) is 43.0 Å². The zero-order chi connectivity index (χ0) is 18.4. The Morgan fingerprint density at radius 1 is 1.30 bits per heavy atom. The quantitative estimate of drug-likeness (QED) is 0.744. The predicted octanol–water partition coefficient (Wildman–Crippen LogP) is 3.34. The van der Waals surface area contributed by atoms with E-state index in [0.717, 1.165) is 41.3 Å². The Bertz CT molecular complexity index is 1070. The van der Waals surface area contributed by atoms with Gasteiger partial charge in [-0.1, -0.05) is 0 Å². The van der Waals surface area contributed by atoms with Crippen LogP contribution in [0.15, 0.2) is 30.5 Å². The molecule has 0 unspecified atom stereocenters. The first-order valence-electron chi connectivity index (χ1n) is 9.16. The van der Waals surface area contributed by atoms with Gasteiger partial charge in [-0.25, -0.2) is 9.97 Å². The van der Waals surface area contributed by atoms with E-state index in [2.05, 4.69) is 43.9 Å². The molecule has 2 aliphatic rings. The Hall–Kier alpha value is -3.40. The van der Waals surface area contributed by atoms with Crippen LogP contribution in [-0.2, 0) is 13.5 Å². The molecular formula is C20H19N7. The lowest BCUT2D eigenvalue weighted by Gasteiger charge is -2.08. The molecule has 134 valence electrons. The average Bonchev–Trinajstić information content (AvgIpc) is 3.29. The van der Waals surface area contributed by atoms with E-state index in [1.807, 2.05) is 23.9 Å². The van der Waals surface area contributed by atoms with Crippen LogP contribution < -0.4 is 10.6 Å². The lowest BCUT2D eigenvalue weighted by atomic mass is 10.0. The molecular weight excluding hydrogens is 338 g/mol.